The first kappa shape index (κ1) is 17.1. The topological polar surface area (TPSA) is 93.5 Å². The number of hydrogen-bond donors (Lipinski definition) is 3. The van der Waals surface area contributed by atoms with Crippen molar-refractivity contribution in [2.75, 3.05) is 24.4 Å². The highest BCUT2D eigenvalue weighted by Crippen LogP contribution is 2.20. The van der Waals surface area contributed by atoms with Crippen molar-refractivity contribution in [3.05, 3.63) is 23.8 Å². The zero-order valence-corrected chi connectivity index (χ0v) is 12.9. The molecular weight excluding hydrogens is 270 g/mol. The van der Waals surface area contributed by atoms with Crippen molar-refractivity contribution in [2.24, 2.45) is 11.7 Å². The molecule has 6 nitrogen and oxygen atoms in total. The van der Waals surface area contributed by atoms with E-state index in [2.05, 4.69) is 10.6 Å². The summed E-state index contributed by atoms with van der Waals surface area (Å²) in [7, 11) is 1.46. The molecule has 0 heterocycles. The number of carbonyl (C=O) groups is 2. The Labute approximate surface area is 125 Å². The number of rotatable bonds is 6. The highest BCUT2D eigenvalue weighted by molar-refractivity contribution is 5.96. The molecule has 2 amide bonds. The van der Waals surface area contributed by atoms with Crippen LogP contribution >= 0.6 is 0 Å². The molecule has 1 aromatic rings. The van der Waals surface area contributed by atoms with Crippen LogP contribution in [0.5, 0.6) is 0 Å². The normalized spacial score (nSPS) is 12.1. The first-order chi connectivity index (χ1) is 9.85. The van der Waals surface area contributed by atoms with Gasteiger partial charge in [-0.25, -0.2) is 0 Å². The van der Waals surface area contributed by atoms with E-state index in [1.807, 2.05) is 20.8 Å². The summed E-state index contributed by atoms with van der Waals surface area (Å²) in [5.41, 5.74) is 7.97. The largest absolute Gasteiger partial charge is 0.375 e. The van der Waals surface area contributed by atoms with Crippen LogP contribution in [-0.2, 0) is 14.3 Å². The molecule has 4 N–H and O–H groups in total. The van der Waals surface area contributed by atoms with Gasteiger partial charge in [-0.05, 0) is 36.6 Å². The third kappa shape index (κ3) is 5.17. The summed E-state index contributed by atoms with van der Waals surface area (Å²) in [6.07, 6.45) is 0. The van der Waals surface area contributed by atoms with Crippen molar-refractivity contribution in [3.63, 3.8) is 0 Å². The zero-order valence-electron chi connectivity index (χ0n) is 12.9. The molecule has 0 fully saturated rings. The molecule has 0 spiro atoms. The molecular formula is C15H23N3O3. The van der Waals surface area contributed by atoms with Crippen LogP contribution in [0.2, 0.25) is 0 Å². The number of methoxy groups -OCH3 is 1. The number of aryl methyl sites for hydroxylation is 1. The van der Waals surface area contributed by atoms with Crippen LogP contribution in [0, 0.1) is 12.8 Å². The van der Waals surface area contributed by atoms with Gasteiger partial charge in [0.15, 0.2) is 0 Å². The van der Waals surface area contributed by atoms with Crippen LogP contribution in [0.3, 0.4) is 0 Å². The van der Waals surface area contributed by atoms with E-state index in [-0.39, 0.29) is 24.3 Å². The minimum Gasteiger partial charge on any atom is -0.375 e. The van der Waals surface area contributed by atoms with E-state index in [0.29, 0.717) is 11.4 Å². The van der Waals surface area contributed by atoms with Gasteiger partial charge in [-0.1, -0.05) is 13.8 Å². The van der Waals surface area contributed by atoms with Gasteiger partial charge in [0.05, 0.1) is 6.04 Å². The fourth-order valence-corrected chi connectivity index (χ4v) is 1.73. The third-order valence-corrected chi connectivity index (χ3v) is 3.06. The second kappa shape index (κ2) is 7.75. The Balaban J connectivity index is 2.74. The highest BCUT2D eigenvalue weighted by Gasteiger charge is 2.17. The maximum absolute atomic E-state index is 11.9. The maximum atomic E-state index is 11.9. The molecule has 0 saturated heterocycles. The summed E-state index contributed by atoms with van der Waals surface area (Å²) < 4.78 is 4.76. The number of nitrogens with one attached hydrogen (secondary N) is 2. The Morgan fingerprint density at radius 2 is 1.95 bits per heavy atom. The Kier molecular flexibility index (Phi) is 6.33. The Bertz CT molecular complexity index is 515. The fraction of sp³-hybridized carbons (Fsp3) is 0.467. The lowest BCUT2D eigenvalue weighted by Crippen LogP contribution is -2.39. The Morgan fingerprint density at radius 1 is 1.29 bits per heavy atom. The SMILES string of the molecule is COCC(=O)Nc1ccc(NC(=O)C(N)C(C)C)cc1C. The lowest BCUT2D eigenvalue weighted by atomic mass is 10.0. The first-order valence-corrected chi connectivity index (χ1v) is 6.81. The Morgan fingerprint density at radius 3 is 2.48 bits per heavy atom. The number of ether oxygens (including phenoxy) is 1. The molecule has 21 heavy (non-hydrogen) atoms. The Hall–Kier alpha value is -1.92. The van der Waals surface area contributed by atoms with Gasteiger partial charge in [0, 0.05) is 18.5 Å². The molecule has 0 aromatic heterocycles. The van der Waals surface area contributed by atoms with E-state index in [4.69, 9.17) is 10.5 Å². The summed E-state index contributed by atoms with van der Waals surface area (Å²) in [6.45, 7) is 5.63. The summed E-state index contributed by atoms with van der Waals surface area (Å²) in [6, 6.07) is 4.69. The van der Waals surface area contributed by atoms with Crippen molar-refractivity contribution < 1.29 is 14.3 Å². The van der Waals surface area contributed by atoms with Crippen LogP contribution in [-0.4, -0.2) is 31.6 Å². The molecule has 0 radical (unpaired) electrons. The second-order valence-electron chi connectivity index (χ2n) is 5.27. The van der Waals surface area contributed by atoms with E-state index in [0.717, 1.165) is 5.56 Å². The second-order valence-corrected chi connectivity index (χ2v) is 5.27. The van der Waals surface area contributed by atoms with Crippen molar-refractivity contribution in [2.45, 2.75) is 26.8 Å². The zero-order chi connectivity index (χ0) is 16.0. The van der Waals surface area contributed by atoms with Gasteiger partial charge >= 0.3 is 0 Å². The van der Waals surface area contributed by atoms with Gasteiger partial charge in [-0.2, -0.15) is 0 Å². The molecule has 1 atom stereocenters. The predicted octanol–water partition coefficient (Wildman–Crippen LogP) is 1.50. The molecule has 1 unspecified atom stereocenters. The van der Waals surface area contributed by atoms with Gasteiger partial charge in [-0.15, -0.1) is 0 Å². The minimum atomic E-state index is -0.550. The molecule has 0 bridgehead atoms. The molecule has 0 aliphatic rings. The summed E-state index contributed by atoms with van der Waals surface area (Å²) in [5.74, 6) is -0.376. The van der Waals surface area contributed by atoms with Crippen LogP contribution in [0.4, 0.5) is 11.4 Å². The van der Waals surface area contributed by atoms with Crippen molar-refractivity contribution in [1.82, 2.24) is 0 Å². The standard InChI is InChI=1S/C15H23N3O3/c1-9(2)14(16)15(20)17-11-5-6-12(10(3)7-11)18-13(19)8-21-4/h5-7,9,14H,8,16H2,1-4H3,(H,17,20)(H,18,19). The van der Waals surface area contributed by atoms with E-state index in [1.165, 1.54) is 7.11 Å². The summed E-state index contributed by atoms with van der Waals surface area (Å²) in [5, 5.41) is 5.50. The van der Waals surface area contributed by atoms with Crippen LogP contribution in [0.1, 0.15) is 19.4 Å². The van der Waals surface area contributed by atoms with Crippen molar-refractivity contribution >= 4 is 23.2 Å². The van der Waals surface area contributed by atoms with Crippen molar-refractivity contribution in [3.8, 4) is 0 Å². The average molecular weight is 293 g/mol. The maximum Gasteiger partial charge on any atom is 0.250 e. The molecule has 1 aromatic carbocycles. The van der Waals surface area contributed by atoms with E-state index in [9.17, 15) is 9.59 Å². The lowest BCUT2D eigenvalue weighted by Gasteiger charge is -2.16. The summed E-state index contributed by atoms with van der Waals surface area (Å²) in [4.78, 5) is 23.4. The average Bonchev–Trinajstić information content (AvgIpc) is 2.41. The van der Waals surface area contributed by atoms with Crippen LogP contribution < -0.4 is 16.4 Å². The monoisotopic (exact) mass is 293 g/mol. The molecule has 1 rings (SSSR count). The van der Waals surface area contributed by atoms with Crippen LogP contribution in [0.25, 0.3) is 0 Å². The third-order valence-electron chi connectivity index (χ3n) is 3.06. The van der Waals surface area contributed by atoms with Gasteiger partial charge in [0.1, 0.15) is 6.61 Å². The van der Waals surface area contributed by atoms with Gasteiger partial charge in [0.2, 0.25) is 11.8 Å². The number of benzene rings is 1. The lowest BCUT2D eigenvalue weighted by molar-refractivity contribution is -0.120. The van der Waals surface area contributed by atoms with E-state index >= 15 is 0 Å². The van der Waals surface area contributed by atoms with E-state index < -0.39 is 6.04 Å². The molecule has 0 aliphatic carbocycles. The number of carbonyl (C=O) groups excluding carboxylic acids is 2. The number of amides is 2. The van der Waals surface area contributed by atoms with Gasteiger partial charge < -0.3 is 21.1 Å². The molecule has 0 aliphatic heterocycles. The molecule has 6 heteroatoms. The number of anilines is 2. The van der Waals surface area contributed by atoms with Crippen LogP contribution in [0.15, 0.2) is 18.2 Å². The smallest absolute Gasteiger partial charge is 0.250 e. The fourth-order valence-electron chi connectivity index (χ4n) is 1.73. The highest BCUT2D eigenvalue weighted by atomic mass is 16.5. The first-order valence-electron chi connectivity index (χ1n) is 6.81. The predicted molar refractivity (Wildman–Crippen MR) is 83.1 cm³/mol. The van der Waals surface area contributed by atoms with Crippen molar-refractivity contribution in [1.29, 1.82) is 0 Å². The van der Waals surface area contributed by atoms with Gasteiger partial charge in [0.25, 0.3) is 0 Å². The minimum absolute atomic E-state index is 0.00116. The molecule has 116 valence electrons. The quantitative estimate of drug-likeness (QED) is 0.741. The van der Waals surface area contributed by atoms with Gasteiger partial charge in [-0.3, -0.25) is 9.59 Å². The summed E-state index contributed by atoms with van der Waals surface area (Å²) >= 11 is 0. The molecule has 0 saturated carbocycles. The number of hydrogen-bond acceptors (Lipinski definition) is 4. The number of nitrogens with two attached hydrogens (primary N) is 1. The van der Waals surface area contributed by atoms with E-state index in [1.54, 1.807) is 18.2 Å².